The van der Waals surface area contributed by atoms with Crippen LogP contribution in [0.1, 0.15) is 85.4 Å². The highest BCUT2D eigenvalue weighted by atomic mass is 16.3. The number of carbonyl (C=O) groups excluding carboxylic acids is 2. The fourth-order valence-electron chi connectivity index (χ4n) is 2.97. The van der Waals surface area contributed by atoms with Crippen molar-refractivity contribution in [3.05, 3.63) is 28.8 Å². The molecule has 5 nitrogen and oxygen atoms in total. The van der Waals surface area contributed by atoms with Crippen molar-refractivity contribution in [1.82, 2.24) is 10.6 Å². The highest BCUT2D eigenvalue weighted by Crippen LogP contribution is 2.39. The third-order valence-electron chi connectivity index (χ3n) is 4.39. The molecular formula is C23H38N2O3. The van der Waals surface area contributed by atoms with E-state index in [1.807, 2.05) is 32.9 Å². The van der Waals surface area contributed by atoms with Crippen LogP contribution in [-0.4, -0.2) is 29.0 Å². The Balaban J connectivity index is 2.86. The third-order valence-corrected chi connectivity index (χ3v) is 4.39. The van der Waals surface area contributed by atoms with Crippen LogP contribution in [0.25, 0.3) is 0 Å². The number of amides is 2. The van der Waals surface area contributed by atoms with Gasteiger partial charge in [0.15, 0.2) is 0 Å². The molecular weight excluding hydrogens is 352 g/mol. The zero-order valence-corrected chi connectivity index (χ0v) is 19.0. The monoisotopic (exact) mass is 390 g/mol. The zero-order chi connectivity index (χ0) is 21.9. The maximum Gasteiger partial charge on any atom is 0.239 e. The first-order valence-corrected chi connectivity index (χ1v) is 9.95. The fourth-order valence-corrected chi connectivity index (χ4v) is 2.97. The van der Waals surface area contributed by atoms with Gasteiger partial charge in [0, 0.05) is 12.0 Å². The quantitative estimate of drug-likeness (QED) is 0.712. The summed E-state index contributed by atoms with van der Waals surface area (Å²) in [6, 6.07) is 3.98. The molecule has 5 heteroatoms. The van der Waals surface area contributed by atoms with Crippen LogP contribution in [0, 0.1) is 0 Å². The van der Waals surface area contributed by atoms with Crippen LogP contribution in [0.5, 0.6) is 5.75 Å². The van der Waals surface area contributed by atoms with E-state index in [2.05, 4.69) is 52.2 Å². The molecule has 0 saturated carbocycles. The second-order valence-electron chi connectivity index (χ2n) is 10.6. The number of nitrogens with one attached hydrogen (secondary N) is 2. The maximum atomic E-state index is 12.2. The number of phenols is 1. The van der Waals surface area contributed by atoms with Crippen molar-refractivity contribution in [3.8, 4) is 5.75 Å². The summed E-state index contributed by atoms with van der Waals surface area (Å²) < 4.78 is 0. The van der Waals surface area contributed by atoms with E-state index in [0.29, 0.717) is 18.6 Å². The average Bonchev–Trinajstić information content (AvgIpc) is 2.47. The van der Waals surface area contributed by atoms with E-state index in [-0.39, 0.29) is 34.7 Å². The van der Waals surface area contributed by atoms with Crippen molar-refractivity contribution < 1.29 is 14.7 Å². The van der Waals surface area contributed by atoms with E-state index < -0.39 is 0 Å². The first-order valence-electron chi connectivity index (χ1n) is 9.95. The van der Waals surface area contributed by atoms with Crippen molar-refractivity contribution in [1.29, 1.82) is 0 Å². The van der Waals surface area contributed by atoms with Crippen LogP contribution in [0.2, 0.25) is 0 Å². The molecule has 0 radical (unpaired) electrons. The molecule has 2 amide bonds. The van der Waals surface area contributed by atoms with Gasteiger partial charge in [0.25, 0.3) is 0 Å². The summed E-state index contributed by atoms with van der Waals surface area (Å²) in [5.74, 6) is -0.0191. The molecule has 28 heavy (non-hydrogen) atoms. The predicted octanol–water partition coefficient (Wildman–Crippen LogP) is 3.95. The van der Waals surface area contributed by atoms with E-state index in [9.17, 15) is 14.7 Å². The molecule has 0 heterocycles. The molecule has 158 valence electrons. The van der Waals surface area contributed by atoms with E-state index in [1.165, 1.54) is 0 Å². The van der Waals surface area contributed by atoms with Gasteiger partial charge in [-0.1, -0.05) is 53.7 Å². The molecule has 0 aliphatic heterocycles. The predicted molar refractivity (Wildman–Crippen MR) is 115 cm³/mol. The van der Waals surface area contributed by atoms with Gasteiger partial charge >= 0.3 is 0 Å². The van der Waals surface area contributed by atoms with Crippen molar-refractivity contribution >= 4 is 11.8 Å². The van der Waals surface area contributed by atoms with E-state index in [4.69, 9.17) is 0 Å². The van der Waals surface area contributed by atoms with Crippen LogP contribution < -0.4 is 10.6 Å². The lowest BCUT2D eigenvalue weighted by atomic mass is 9.78. The van der Waals surface area contributed by atoms with Crippen molar-refractivity contribution in [2.24, 2.45) is 0 Å². The lowest BCUT2D eigenvalue weighted by Crippen LogP contribution is -2.45. The Morgan fingerprint density at radius 3 is 1.71 bits per heavy atom. The van der Waals surface area contributed by atoms with Gasteiger partial charge in [-0.2, -0.15) is 0 Å². The summed E-state index contributed by atoms with van der Waals surface area (Å²) in [6.07, 6.45) is 0.847. The maximum absolute atomic E-state index is 12.2. The van der Waals surface area contributed by atoms with Gasteiger partial charge < -0.3 is 15.7 Å². The van der Waals surface area contributed by atoms with E-state index in [1.54, 1.807) is 0 Å². The molecule has 0 aliphatic rings. The second-order valence-corrected chi connectivity index (χ2v) is 10.6. The SMILES string of the molecule is CC(C)(C)NC(=O)CNC(=O)CCc1cc(C(C)(C)C)c(O)c(C(C)(C)C)c1. The van der Waals surface area contributed by atoms with Gasteiger partial charge in [0.1, 0.15) is 5.75 Å². The highest BCUT2D eigenvalue weighted by molar-refractivity contribution is 5.85. The number of hydrogen-bond donors (Lipinski definition) is 3. The smallest absolute Gasteiger partial charge is 0.239 e. The molecule has 1 aromatic rings. The van der Waals surface area contributed by atoms with Gasteiger partial charge in [0.05, 0.1) is 6.54 Å². The number of aryl methyl sites for hydroxylation is 1. The number of phenolic OH excluding ortho intramolecular Hbond substituents is 1. The molecule has 1 aromatic carbocycles. The van der Waals surface area contributed by atoms with Crippen molar-refractivity contribution in [2.75, 3.05) is 6.54 Å². The zero-order valence-electron chi connectivity index (χ0n) is 19.0. The first kappa shape index (κ1) is 24.0. The summed E-state index contributed by atoms with van der Waals surface area (Å²) in [4.78, 5) is 24.0. The topological polar surface area (TPSA) is 78.4 Å². The second kappa shape index (κ2) is 8.54. The number of benzene rings is 1. The Hall–Kier alpha value is -2.04. The van der Waals surface area contributed by atoms with Crippen LogP contribution in [0.4, 0.5) is 0 Å². The summed E-state index contributed by atoms with van der Waals surface area (Å²) in [6.45, 7) is 18.1. The Morgan fingerprint density at radius 2 is 1.32 bits per heavy atom. The van der Waals surface area contributed by atoms with E-state index >= 15 is 0 Å². The lowest BCUT2D eigenvalue weighted by molar-refractivity contribution is -0.126. The fraction of sp³-hybridized carbons (Fsp3) is 0.652. The molecule has 0 saturated heterocycles. The summed E-state index contributed by atoms with van der Waals surface area (Å²) in [5.41, 5.74) is 2.07. The lowest BCUT2D eigenvalue weighted by Gasteiger charge is -2.28. The van der Waals surface area contributed by atoms with Gasteiger partial charge in [0.2, 0.25) is 11.8 Å². The van der Waals surface area contributed by atoms with Gasteiger partial charge in [-0.05, 0) is 54.7 Å². The molecule has 0 fully saturated rings. The largest absolute Gasteiger partial charge is 0.507 e. The molecule has 0 aliphatic carbocycles. The molecule has 0 spiro atoms. The highest BCUT2D eigenvalue weighted by Gasteiger charge is 2.26. The Bertz CT molecular complexity index is 682. The number of carbonyl (C=O) groups is 2. The summed E-state index contributed by atoms with van der Waals surface area (Å²) in [7, 11) is 0. The van der Waals surface area contributed by atoms with Crippen molar-refractivity contribution in [2.45, 2.75) is 91.5 Å². The molecule has 0 aromatic heterocycles. The van der Waals surface area contributed by atoms with Gasteiger partial charge in [-0.3, -0.25) is 9.59 Å². The van der Waals surface area contributed by atoms with Crippen LogP contribution in [0.15, 0.2) is 12.1 Å². The van der Waals surface area contributed by atoms with Crippen LogP contribution >= 0.6 is 0 Å². The number of hydrogen-bond acceptors (Lipinski definition) is 3. The normalized spacial score (nSPS) is 12.6. The summed E-state index contributed by atoms with van der Waals surface area (Å²) in [5, 5.41) is 16.3. The minimum absolute atomic E-state index is 0.0217. The average molecular weight is 391 g/mol. The number of aromatic hydroxyl groups is 1. The summed E-state index contributed by atoms with van der Waals surface area (Å²) >= 11 is 0. The van der Waals surface area contributed by atoms with Crippen LogP contribution in [-0.2, 0) is 26.8 Å². The van der Waals surface area contributed by atoms with Gasteiger partial charge in [-0.25, -0.2) is 0 Å². The number of rotatable bonds is 5. The minimum Gasteiger partial charge on any atom is -0.507 e. The Labute approximate surface area is 170 Å². The van der Waals surface area contributed by atoms with E-state index in [0.717, 1.165) is 16.7 Å². The first-order chi connectivity index (χ1) is 12.5. The van der Waals surface area contributed by atoms with Crippen molar-refractivity contribution in [3.63, 3.8) is 0 Å². The third kappa shape index (κ3) is 7.53. The van der Waals surface area contributed by atoms with Gasteiger partial charge in [-0.15, -0.1) is 0 Å². The van der Waals surface area contributed by atoms with Crippen LogP contribution in [0.3, 0.4) is 0 Å². The Kier molecular flexibility index (Phi) is 7.32. The molecule has 1 rings (SSSR count). The Morgan fingerprint density at radius 1 is 0.857 bits per heavy atom. The molecule has 0 bridgehead atoms. The molecule has 3 N–H and O–H groups in total. The minimum atomic E-state index is -0.319. The molecule has 0 unspecified atom stereocenters. The standard InChI is InChI=1S/C23H38N2O3/c1-21(2,3)16-12-15(13-17(20(16)28)22(4,5)6)10-11-18(26)24-14-19(27)25-23(7,8)9/h12-13,28H,10-11,14H2,1-9H3,(H,24,26)(H,25,27). The molecule has 0 atom stereocenters.